The van der Waals surface area contributed by atoms with Gasteiger partial charge in [-0.05, 0) is 18.2 Å². The minimum Gasteiger partial charge on any atom is -0.364 e. The highest BCUT2D eigenvalue weighted by atomic mass is 19.1. The Labute approximate surface area is 121 Å². The second kappa shape index (κ2) is 6.83. The zero-order valence-electron chi connectivity index (χ0n) is 11.8. The molecule has 0 aliphatic heterocycles. The lowest BCUT2D eigenvalue weighted by molar-refractivity contribution is 0.391. The molecule has 1 aromatic carbocycles. The Hall–Kier alpha value is -2.44. The molecule has 1 aromatic heterocycles. The van der Waals surface area contributed by atoms with E-state index in [0.29, 0.717) is 12.5 Å². The van der Waals surface area contributed by atoms with Gasteiger partial charge in [0.25, 0.3) is 0 Å². The summed E-state index contributed by atoms with van der Waals surface area (Å²) in [5.74, 6) is -0.390. The second-order valence-electron chi connectivity index (χ2n) is 4.48. The third-order valence-electron chi connectivity index (χ3n) is 2.91. The van der Waals surface area contributed by atoms with Crippen molar-refractivity contribution in [3.8, 4) is 0 Å². The van der Waals surface area contributed by atoms with Crippen molar-refractivity contribution < 1.29 is 13.3 Å². The number of hydrogen-bond acceptors (Lipinski definition) is 3. The van der Waals surface area contributed by atoms with E-state index in [0.717, 1.165) is 23.9 Å². The van der Waals surface area contributed by atoms with Crippen molar-refractivity contribution >= 4 is 5.96 Å². The molecule has 0 saturated heterocycles. The molecule has 0 spiro atoms. The fourth-order valence-electron chi connectivity index (χ4n) is 1.87. The molecule has 1 N–H and O–H groups in total. The van der Waals surface area contributed by atoms with E-state index in [1.165, 1.54) is 6.26 Å². The molecule has 0 aliphatic carbocycles. The lowest BCUT2D eigenvalue weighted by atomic mass is 10.2. The number of hydrogen-bond donors (Lipinski definition) is 1. The topological polar surface area (TPSA) is 53.7 Å². The van der Waals surface area contributed by atoms with Gasteiger partial charge in [-0.25, -0.2) is 8.78 Å². The Kier molecular flexibility index (Phi) is 4.86. The number of halogens is 2. The highest BCUT2D eigenvalue weighted by molar-refractivity contribution is 5.79. The van der Waals surface area contributed by atoms with Crippen LogP contribution in [0.3, 0.4) is 0 Å². The van der Waals surface area contributed by atoms with Gasteiger partial charge >= 0.3 is 0 Å². The van der Waals surface area contributed by atoms with E-state index in [1.807, 2.05) is 7.05 Å². The minimum absolute atomic E-state index is 0.138. The van der Waals surface area contributed by atoms with Crippen LogP contribution in [0.25, 0.3) is 0 Å². The van der Waals surface area contributed by atoms with Crippen LogP contribution in [-0.2, 0) is 13.1 Å². The third-order valence-corrected chi connectivity index (χ3v) is 2.91. The van der Waals surface area contributed by atoms with Gasteiger partial charge in [-0.15, -0.1) is 0 Å². The van der Waals surface area contributed by atoms with Crippen LogP contribution in [0.5, 0.6) is 0 Å². The molecule has 2 aromatic rings. The van der Waals surface area contributed by atoms with Crippen molar-refractivity contribution in [2.24, 2.45) is 4.99 Å². The van der Waals surface area contributed by atoms with Crippen molar-refractivity contribution in [3.05, 3.63) is 53.4 Å². The molecule has 1 heterocycles. The smallest absolute Gasteiger partial charge is 0.194 e. The van der Waals surface area contributed by atoms with Gasteiger partial charge in [-0.3, -0.25) is 4.99 Å². The predicted octanol–water partition coefficient (Wildman–Crippen LogP) is 2.16. The van der Waals surface area contributed by atoms with Crippen molar-refractivity contribution in [2.45, 2.75) is 13.1 Å². The number of aliphatic imine (C=N–C) groups is 1. The SMILES string of the molecule is CN=C(NCc1cc(F)ccc1F)N(C)Cc1ccon1. The maximum Gasteiger partial charge on any atom is 0.194 e. The normalized spacial score (nSPS) is 11.5. The summed E-state index contributed by atoms with van der Waals surface area (Å²) in [6.45, 7) is 0.626. The van der Waals surface area contributed by atoms with Gasteiger partial charge < -0.3 is 14.7 Å². The van der Waals surface area contributed by atoms with E-state index < -0.39 is 11.6 Å². The fourth-order valence-corrected chi connectivity index (χ4v) is 1.87. The molecule has 0 atom stereocenters. The number of nitrogens with one attached hydrogen (secondary N) is 1. The van der Waals surface area contributed by atoms with Gasteiger partial charge in [0.2, 0.25) is 0 Å². The zero-order chi connectivity index (χ0) is 15.2. The highest BCUT2D eigenvalue weighted by Gasteiger charge is 2.10. The molecule has 21 heavy (non-hydrogen) atoms. The number of benzene rings is 1. The summed E-state index contributed by atoms with van der Waals surface area (Å²) >= 11 is 0. The predicted molar refractivity (Wildman–Crippen MR) is 74.5 cm³/mol. The quantitative estimate of drug-likeness (QED) is 0.693. The van der Waals surface area contributed by atoms with Gasteiger partial charge in [-0.1, -0.05) is 5.16 Å². The minimum atomic E-state index is -0.473. The van der Waals surface area contributed by atoms with Crippen LogP contribution in [-0.4, -0.2) is 30.1 Å². The van der Waals surface area contributed by atoms with Crippen LogP contribution in [0, 0.1) is 11.6 Å². The summed E-state index contributed by atoms with van der Waals surface area (Å²) in [5, 5.41) is 6.78. The summed E-state index contributed by atoms with van der Waals surface area (Å²) in [6, 6.07) is 5.10. The van der Waals surface area contributed by atoms with Gasteiger partial charge in [0.05, 0.1) is 6.54 Å². The number of guanidine groups is 1. The lowest BCUT2D eigenvalue weighted by Crippen LogP contribution is -2.38. The molecular formula is C14H16F2N4O. The first-order valence-corrected chi connectivity index (χ1v) is 6.35. The maximum absolute atomic E-state index is 13.5. The molecule has 2 rings (SSSR count). The molecule has 7 heteroatoms. The molecule has 0 radical (unpaired) electrons. The van der Waals surface area contributed by atoms with Gasteiger partial charge in [0.15, 0.2) is 5.96 Å². The standard InChI is InChI=1S/C14H16F2N4O/c1-17-14(20(2)9-12-5-6-21-19-12)18-8-10-7-11(15)3-4-13(10)16/h3-7H,8-9H2,1-2H3,(H,17,18). The largest absolute Gasteiger partial charge is 0.364 e. The zero-order valence-corrected chi connectivity index (χ0v) is 11.8. The Bertz CT molecular complexity index is 613. The van der Waals surface area contributed by atoms with Gasteiger partial charge in [0, 0.05) is 32.3 Å². The van der Waals surface area contributed by atoms with Crippen molar-refractivity contribution in [2.75, 3.05) is 14.1 Å². The Balaban J connectivity index is 1.98. The summed E-state index contributed by atoms with van der Waals surface area (Å²) in [6.07, 6.45) is 1.49. The second-order valence-corrected chi connectivity index (χ2v) is 4.48. The van der Waals surface area contributed by atoms with Crippen molar-refractivity contribution in [3.63, 3.8) is 0 Å². The molecule has 112 valence electrons. The van der Waals surface area contributed by atoms with Crippen LogP contribution in [0.2, 0.25) is 0 Å². The van der Waals surface area contributed by atoms with Crippen LogP contribution >= 0.6 is 0 Å². The maximum atomic E-state index is 13.5. The Morgan fingerprint density at radius 3 is 2.86 bits per heavy atom. The summed E-state index contributed by atoms with van der Waals surface area (Å²) in [7, 11) is 3.43. The van der Waals surface area contributed by atoms with E-state index in [4.69, 9.17) is 4.52 Å². The molecule has 0 unspecified atom stereocenters. The van der Waals surface area contributed by atoms with Crippen LogP contribution in [0.1, 0.15) is 11.3 Å². The first-order chi connectivity index (χ1) is 10.1. The number of rotatable bonds is 4. The van der Waals surface area contributed by atoms with Gasteiger partial charge in [-0.2, -0.15) is 0 Å². The van der Waals surface area contributed by atoms with Crippen LogP contribution in [0.15, 0.2) is 40.0 Å². The molecular weight excluding hydrogens is 278 g/mol. The van der Waals surface area contributed by atoms with E-state index in [1.54, 1.807) is 18.0 Å². The van der Waals surface area contributed by atoms with Crippen molar-refractivity contribution in [1.29, 1.82) is 0 Å². The highest BCUT2D eigenvalue weighted by Crippen LogP contribution is 2.09. The van der Waals surface area contributed by atoms with Gasteiger partial charge in [0.1, 0.15) is 23.6 Å². The van der Waals surface area contributed by atoms with E-state index in [2.05, 4.69) is 15.5 Å². The first-order valence-electron chi connectivity index (χ1n) is 6.35. The fraction of sp³-hybridized carbons (Fsp3) is 0.286. The number of nitrogens with zero attached hydrogens (tertiary/aromatic N) is 3. The molecule has 0 bridgehead atoms. The van der Waals surface area contributed by atoms with E-state index >= 15 is 0 Å². The number of aromatic nitrogens is 1. The molecule has 0 fully saturated rings. The van der Waals surface area contributed by atoms with E-state index in [9.17, 15) is 8.78 Å². The first kappa shape index (κ1) is 15.0. The van der Waals surface area contributed by atoms with E-state index in [-0.39, 0.29) is 12.1 Å². The lowest BCUT2D eigenvalue weighted by Gasteiger charge is -2.21. The average molecular weight is 294 g/mol. The summed E-state index contributed by atoms with van der Waals surface area (Å²) in [5.41, 5.74) is 0.989. The van der Waals surface area contributed by atoms with Crippen LogP contribution < -0.4 is 5.32 Å². The Morgan fingerprint density at radius 1 is 1.38 bits per heavy atom. The molecule has 5 nitrogen and oxygen atoms in total. The molecule has 0 saturated carbocycles. The summed E-state index contributed by atoms with van der Waals surface area (Å²) in [4.78, 5) is 5.89. The molecule has 0 aliphatic rings. The molecule has 0 amide bonds. The van der Waals surface area contributed by atoms with Crippen molar-refractivity contribution in [1.82, 2.24) is 15.4 Å². The average Bonchev–Trinajstić information content (AvgIpc) is 2.96. The Morgan fingerprint density at radius 2 is 2.19 bits per heavy atom. The summed E-state index contributed by atoms with van der Waals surface area (Å²) < 4.78 is 31.4. The van der Waals surface area contributed by atoms with Crippen LogP contribution in [0.4, 0.5) is 8.78 Å². The third kappa shape index (κ3) is 4.01. The monoisotopic (exact) mass is 294 g/mol.